The van der Waals surface area contributed by atoms with E-state index >= 15 is 0 Å². The highest BCUT2D eigenvalue weighted by atomic mass is 35.5. The van der Waals surface area contributed by atoms with Crippen LogP contribution in [0.2, 0.25) is 5.02 Å². The number of imide groups is 2. The molecule has 1 aliphatic rings. The van der Waals surface area contributed by atoms with Gasteiger partial charge in [-0.3, -0.25) is 25.0 Å². The third-order valence-corrected chi connectivity index (χ3v) is 5.56. The van der Waals surface area contributed by atoms with Gasteiger partial charge in [0.15, 0.2) is 0 Å². The number of urea groups is 1. The maximum atomic E-state index is 13.2. The summed E-state index contributed by atoms with van der Waals surface area (Å²) in [5.41, 5.74) is 0.905. The number of carbonyl (C=O) groups excluding carboxylic acids is 3. The fraction of sp³-hybridized carbons (Fsp3) is 0.115. The normalized spacial score (nSPS) is 14.5. The molecular weight excluding hydrogens is 502 g/mol. The summed E-state index contributed by atoms with van der Waals surface area (Å²) in [6, 6.07) is 15.9. The first-order valence-corrected chi connectivity index (χ1v) is 11.4. The summed E-state index contributed by atoms with van der Waals surface area (Å²) < 4.78 is 11.2. The Morgan fingerprint density at radius 1 is 1.00 bits per heavy atom. The van der Waals surface area contributed by atoms with Gasteiger partial charge in [-0.05, 0) is 73.2 Å². The van der Waals surface area contributed by atoms with Gasteiger partial charge in [0.2, 0.25) is 0 Å². The maximum absolute atomic E-state index is 13.2. The number of amides is 4. The van der Waals surface area contributed by atoms with E-state index in [0.717, 1.165) is 4.90 Å². The van der Waals surface area contributed by atoms with E-state index in [-0.39, 0.29) is 23.6 Å². The average Bonchev–Trinajstić information content (AvgIpc) is 2.87. The van der Waals surface area contributed by atoms with Crippen LogP contribution in [0.25, 0.3) is 6.08 Å². The summed E-state index contributed by atoms with van der Waals surface area (Å²) >= 11 is 6.15. The zero-order chi connectivity index (χ0) is 26.5. The van der Waals surface area contributed by atoms with E-state index in [4.69, 9.17) is 21.1 Å². The zero-order valence-corrected chi connectivity index (χ0v) is 20.2. The van der Waals surface area contributed by atoms with Crippen molar-refractivity contribution in [3.05, 3.63) is 98.6 Å². The predicted octanol–water partition coefficient (Wildman–Crippen LogP) is 4.89. The van der Waals surface area contributed by atoms with Crippen LogP contribution in [0.1, 0.15) is 18.1 Å². The van der Waals surface area contributed by atoms with Gasteiger partial charge in [0.25, 0.3) is 17.5 Å². The molecule has 10 nitrogen and oxygen atoms in total. The van der Waals surface area contributed by atoms with E-state index in [2.05, 4.69) is 5.32 Å². The molecule has 11 heteroatoms. The first kappa shape index (κ1) is 25.4. The summed E-state index contributed by atoms with van der Waals surface area (Å²) in [6.07, 6.45) is 1.29. The van der Waals surface area contributed by atoms with E-state index in [0.29, 0.717) is 34.3 Å². The van der Waals surface area contributed by atoms with Crippen LogP contribution in [0, 0.1) is 10.1 Å². The molecule has 4 rings (SSSR count). The lowest BCUT2D eigenvalue weighted by Crippen LogP contribution is -2.54. The molecule has 0 atom stereocenters. The van der Waals surface area contributed by atoms with Gasteiger partial charge in [-0.1, -0.05) is 11.6 Å². The minimum absolute atomic E-state index is 0.0471. The minimum Gasteiger partial charge on any atom is -0.494 e. The minimum atomic E-state index is -0.878. The molecule has 0 aliphatic carbocycles. The number of rotatable bonds is 8. The van der Waals surface area contributed by atoms with Crippen molar-refractivity contribution < 1.29 is 28.8 Å². The summed E-state index contributed by atoms with van der Waals surface area (Å²) in [5.74, 6) is -0.810. The quantitative estimate of drug-likeness (QED) is 0.193. The standard InChI is InChI=1S/C26H20ClN3O7/c1-2-36-21-10-8-19(9-11-21)29-25(32)22(24(31)28-26(29)33)14-17-13-18(27)5-12-23(17)37-15-16-3-6-20(7-4-16)30(34)35/h3-14H,2,15H2,1H3,(H,28,31,33)/b22-14+. The van der Waals surface area contributed by atoms with Gasteiger partial charge in [-0.25, -0.2) is 9.69 Å². The highest BCUT2D eigenvalue weighted by Crippen LogP contribution is 2.29. The molecule has 1 saturated heterocycles. The van der Waals surface area contributed by atoms with E-state index in [1.807, 2.05) is 6.92 Å². The van der Waals surface area contributed by atoms with E-state index in [1.54, 1.807) is 36.4 Å². The third kappa shape index (κ3) is 5.76. The second kappa shape index (κ2) is 10.9. The van der Waals surface area contributed by atoms with Crippen molar-refractivity contribution in [3.8, 4) is 11.5 Å². The molecule has 0 saturated carbocycles. The van der Waals surface area contributed by atoms with Gasteiger partial charge in [-0.2, -0.15) is 0 Å². The van der Waals surface area contributed by atoms with Crippen LogP contribution in [0.15, 0.2) is 72.3 Å². The highest BCUT2D eigenvalue weighted by Gasteiger charge is 2.37. The Morgan fingerprint density at radius 2 is 1.70 bits per heavy atom. The number of anilines is 1. The van der Waals surface area contributed by atoms with Crippen molar-refractivity contribution in [1.29, 1.82) is 0 Å². The molecule has 1 heterocycles. The van der Waals surface area contributed by atoms with Crippen LogP contribution in [0.4, 0.5) is 16.2 Å². The predicted molar refractivity (Wildman–Crippen MR) is 135 cm³/mol. The Labute approximate surface area is 216 Å². The van der Waals surface area contributed by atoms with Crippen molar-refractivity contribution in [3.63, 3.8) is 0 Å². The number of barbiturate groups is 1. The molecule has 0 unspecified atom stereocenters. The number of nitrogens with zero attached hydrogens (tertiary/aromatic N) is 2. The topological polar surface area (TPSA) is 128 Å². The molecule has 3 aromatic rings. The lowest BCUT2D eigenvalue weighted by molar-refractivity contribution is -0.384. The number of nitrogens with one attached hydrogen (secondary N) is 1. The third-order valence-electron chi connectivity index (χ3n) is 5.32. The number of nitro benzene ring substituents is 1. The second-order valence-corrected chi connectivity index (χ2v) is 8.22. The molecule has 4 amide bonds. The molecule has 0 bridgehead atoms. The second-order valence-electron chi connectivity index (χ2n) is 7.78. The first-order valence-electron chi connectivity index (χ1n) is 11.1. The van der Waals surface area contributed by atoms with Crippen molar-refractivity contribution in [2.75, 3.05) is 11.5 Å². The number of ether oxygens (including phenoxy) is 2. The summed E-state index contributed by atoms with van der Waals surface area (Å²) in [7, 11) is 0. The van der Waals surface area contributed by atoms with Gasteiger partial charge in [0, 0.05) is 22.7 Å². The van der Waals surface area contributed by atoms with Gasteiger partial charge in [0.05, 0.1) is 17.2 Å². The SMILES string of the molecule is CCOc1ccc(N2C(=O)NC(=O)/C(=C\c3cc(Cl)ccc3OCc3ccc([N+](=O)[O-])cc3)C2=O)cc1. The Morgan fingerprint density at radius 3 is 2.35 bits per heavy atom. The van der Waals surface area contributed by atoms with Crippen LogP contribution in [-0.4, -0.2) is 29.4 Å². The first-order chi connectivity index (χ1) is 17.8. The number of hydrogen-bond acceptors (Lipinski definition) is 7. The van der Waals surface area contributed by atoms with Crippen LogP contribution >= 0.6 is 11.6 Å². The molecular formula is C26H20ClN3O7. The number of non-ortho nitro benzene ring substituents is 1. The van der Waals surface area contributed by atoms with Crippen molar-refractivity contribution >= 4 is 46.9 Å². The van der Waals surface area contributed by atoms with E-state index in [1.165, 1.54) is 36.4 Å². The van der Waals surface area contributed by atoms with E-state index < -0.39 is 22.8 Å². The van der Waals surface area contributed by atoms with Crippen LogP contribution in [0.5, 0.6) is 11.5 Å². The molecule has 0 radical (unpaired) electrons. The van der Waals surface area contributed by atoms with E-state index in [9.17, 15) is 24.5 Å². The lowest BCUT2D eigenvalue weighted by Gasteiger charge is -2.26. The largest absolute Gasteiger partial charge is 0.494 e. The molecule has 37 heavy (non-hydrogen) atoms. The summed E-state index contributed by atoms with van der Waals surface area (Å²) in [5, 5.41) is 13.4. The number of nitro groups is 1. The Bertz CT molecular complexity index is 1400. The summed E-state index contributed by atoms with van der Waals surface area (Å²) in [4.78, 5) is 49.5. The fourth-order valence-corrected chi connectivity index (χ4v) is 3.72. The zero-order valence-electron chi connectivity index (χ0n) is 19.5. The van der Waals surface area contributed by atoms with Crippen molar-refractivity contribution in [2.45, 2.75) is 13.5 Å². The van der Waals surface area contributed by atoms with Gasteiger partial charge < -0.3 is 9.47 Å². The Hall–Kier alpha value is -4.70. The Balaban J connectivity index is 1.61. The molecule has 1 fully saturated rings. The number of halogens is 1. The van der Waals surface area contributed by atoms with Gasteiger partial charge >= 0.3 is 6.03 Å². The monoisotopic (exact) mass is 521 g/mol. The van der Waals surface area contributed by atoms with Crippen molar-refractivity contribution in [2.24, 2.45) is 0 Å². The molecule has 1 N–H and O–H groups in total. The molecule has 0 spiro atoms. The van der Waals surface area contributed by atoms with Crippen LogP contribution in [-0.2, 0) is 16.2 Å². The molecule has 1 aliphatic heterocycles. The summed E-state index contributed by atoms with van der Waals surface area (Å²) in [6.45, 7) is 2.35. The highest BCUT2D eigenvalue weighted by molar-refractivity contribution is 6.39. The van der Waals surface area contributed by atoms with Gasteiger partial charge in [0.1, 0.15) is 23.7 Å². The lowest BCUT2D eigenvalue weighted by atomic mass is 10.1. The van der Waals surface area contributed by atoms with Crippen molar-refractivity contribution in [1.82, 2.24) is 5.32 Å². The number of benzene rings is 3. The molecule has 188 valence electrons. The smallest absolute Gasteiger partial charge is 0.335 e. The maximum Gasteiger partial charge on any atom is 0.335 e. The Kier molecular flexibility index (Phi) is 7.49. The van der Waals surface area contributed by atoms with Crippen LogP contribution in [0.3, 0.4) is 0 Å². The molecule has 0 aromatic heterocycles. The fourth-order valence-electron chi connectivity index (χ4n) is 3.54. The van der Waals surface area contributed by atoms with Gasteiger partial charge in [-0.15, -0.1) is 0 Å². The number of hydrogen-bond donors (Lipinski definition) is 1. The average molecular weight is 522 g/mol. The number of carbonyl (C=O) groups is 3. The molecule has 3 aromatic carbocycles. The van der Waals surface area contributed by atoms with Crippen LogP contribution < -0.4 is 19.7 Å².